The van der Waals surface area contributed by atoms with Crippen molar-refractivity contribution in [2.45, 2.75) is 0 Å². The predicted molar refractivity (Wildman–Crippen MR) is 101 cm³/mol. The molecule has 0 saturated carbocycles. The highest BCUT2D eigenvalue weighted by atomic mass is 35.5. The molecule has 1 fully saturated rings. The number of fused-ring (bicyclic) bond motifs is 1. The van der Waals surface area contributed by atoms with Crippen molar-refractivity contribution in [2.24, 2.45) is 0 Å². The quantitative estimate of drug-likeness (QED) is 0.763. The number of amides is 3. The number of benzene rings is 2. The maximum absolute atomic E-state index is 12.6. The smallest absolute Gasteiger partial charge is 0.262 e. The monoisotopic (exact) mass is 383 g/mol. The van der Waals surface area contributed by atoms with Crippen molar-refractivity contribution in [1.82, 2.24) is 14.7 Å². The maximum atomic E-state index is 12.6. The van der Waals surface area contributed by atoms with Crippen LogP contribution in [0, 0.1) is 0 Å². The molecule has 2 aliphatic rings. The number of carbonyl (C=O) groups is 3. The van der Waals surface area contributed by atoms with Gasteiger partial charge in [0.05, 0.1) is 17.8 Å². The molecule has 2 aromatic carbocycles. The molecular weight excluding hydrogens is 366 g/mol. The summed E-state index contributed by atoms with van der Waals surface area (Å²) in [5.74, 6) is -0.570. The number of hydrogen-bond acceptors (Lipinski definition) is 4. The molecule has 0 atom stereocenters. The highest BCUT2D eigenvalue weighted by molar-refractivity contribution is 6.31. The average molecular weight is 384 g/mol. The van der Waals surface area contributed by atoms with E-state index in [1.807, 2.05) is 4.90 Å². The summed E-state index contributed by atoms with van der Waals surface area (Å²) in [6.45, 7) is 2.51. The molecule has 0 aromatic heterocycles. The zero-order chi connectivity index (χ0) is 19.0. The third-order valence-electron chi connectivity index (χ3n) is 4.95. The number of halogens is 1. The zero-order valence-corrected chi connectivity index (χ0v) is 15.4. The molecular formula is C20H18ClN3O3. The van der Waals surface area contributed by atoms with Gasteiger partial charge in [-0.25, -0.2) is 0 Å². The number of piperazine rings is 1. The largest absolute Gasteiger partial charge is 0.336 e. The summed E-state index contributed by atoms with van der Waals surface area (Å²) in [4.78, 5) is 42.6. The molecule has 138 valence electrons. The molecule has 2 aromatic rings. The Kier molecular flexibility index (Phi) is 4.68. The Morgan fingerprint density at radius 2 is 1.52 bits per heavy atom. The third-order valence-corrected chi connectivity index (χ3v) is 5.19. The van der Waals surface area contributed by atoms with E-state index in [2.05, 4.69) is 0 Å². The van der Waals surface area contributed by atoms with Crippen molar-refractivity contribution >= 4 is 29.3 Å². The number of imide groups is 1. The molecule has 0 spiro atoms. The van der Waals surface area contributed by atoms with Crippen LogP contribution in [0.25, 0.3) is 0 Å². The van der Waals surface area contributed by atoms with Crippen molar-refractivity contribution < 1.29 is 14.4 Å². The predicted octanol–water partition coefficient (Wildman–Crippen LogP) is 2.35. The minimum atomic E-state index is -0.256. The first-order chi connectivity index (χ1) is 13.0. The maximum Gasteiger partial charge on any atom is 0.262 e. The normalized spacial score (nSPS) is 17.4. The molecule has 0 bridgehead atoms. The molecule has 0 N–H and O–H groups in total. The Morgan fingerprint density at radius 1 is 0.889 bits per heavy atom. The van der Waals surface area contributed by atoms with Crippen LogP contribution < -0.4 is 0 Å². The molecule has 1 saturated heterocycles. The van der Waals surface area contributed by atoms with E-state index in [4.69, 9.17) is 11.6 Å². The lowest BCUT2D eigenvalue weighted by atomic mass is 10.1. The Bertz CT molecular complexity index is 887. The van der Waals surface area contributed by atoms with Gasteiger partial charge in [-0.05, 0) is 30.3 Å². The van der Waals surface area contributed by atoms with Gasteiger partial charge in [0.2, 0.25) is 0 Å². The van der Waals surface area contributed by atoms with Gasteiger partial charge in [-0.1, -0.05) is 29.8 Å². The Labute approximate surface area is 161 Å². The fourth-order valence-electron chi connectivity index (χ4n) is 3.46. The summed E-state index contributed by atoms with van der Waals surface area (Å²) in [5, 5.41) is 0.533. The van der Waals surface area contributed by atoms with Crippen LogP contribution in [0.1, 0.15) is 31.1 Å². The second-order valence-corrected chi connectivity index (χ2v) is 7.08. The number of hydrogen-bond donors (Lipinski definition) is 0. The topological polar surface area (TPSA) is 60.9 Å². The van der Waals surface area contributed by atoms with Crippen LogP contribution in [-0.4, -0.2) is 65.3 Å². The van der Waals surface area contributed by atoms with Gasteiger partial charge in [0.1, 0.15) is 0 Å². The summed E-state index contributed by atoms with van der Waals surface area (Å²) in [7, 11) is 0. The SMILES string of the molecule is O=C(c1cccc(Cl)c1)N1CCN(CN2C(=O)c3ccccc3C2=O)CC1. The van der Waals surface area contributed by atoms with E-state index >= 15 is 0 Å². The molecule has 6 nitrogen and oxygen atoms in total. The summed E-state index contributed by atoms with van der Waals surface area (Å²) in [5.41, 5.74) is 1.48. The standard InChI is InChI=1S/C20H18ClN3O3/c21-15-5-3-4-14(12-15)18(25)23-10-8-22(9-11-23)13-24-19(26)16-6-1-2-7-17(16)20(24)27/h1-7,12H,8-11,13H2. The van der Waals surface area contributed by atoms with E-state index in [0.29, 0.717) is 47.9 Å². The van der Waals surface area contributed by atoms with Gasteiger partial charge in [-0.2, -0.15) is 0 Å². The van der Waals surface area contributed by atoms with Crippen LogP contribution in [0.3, 0.4) is 0 Å². The van der Waals surface area contributed by atoms with Crippen LogP contribution in [0.4, 0.5) is 0 Å². The lowest BCUT2D eigenvalue weighted by Crippen LogP contribution is -2.52. The second kappa shape index (κ2) is 7.13. The molecule has 2 aliphatic heterocycles. The van der Waals surface area contributed by atoms with E-state index in [9.17, 15) is 14.4 Å². The van der Waals surface area contributed by atoms with Gasteiger partial charge in [0.25, 0.3) is 17.7 Å². The van der Waals surface area contributed by atoms with Gasteiger partial charge in [-0.3, -0.25) is 24.2 Å². The Morgan fingerprint density at radius 3 is 2.11 bits per heavy atom. The van der Waals surface area contributed by atoms with Crippen LogP contribution in [0.5, 0.6) is 0 Å². The first-order valence-corrected chi connectivity index (χ1v) is 9.15. The summed E-state index contributed by atoms with van der Waals surface area (Å²) in [6, 6.07) is 13.8. The fourth-order valence-corrected chi connectivity index (χ4v) is 3.65. The summed E-state index contributed by atoms with van der Waals surface area (Å²) in [6.07, 6.45) is 0. The number of rotatable bonds is 3. The Hall–Kier alpha value is -2.70. The van der Waals surface area contributed by atoms with Crippen molar-refractivity contribution in [3.63, 3.8) is 0 Å². The summed E-state index contributed by atoms with van der Waals surface area (Å²) < 4.78 is 0. The first kappa shape index (κ1) is 17.7. The molecule has 0 radical (unpaired) electrons. The van der Waals surface area contributed by atoms with Crippen molar-refractivity contribution in [2.75, 3.05) is 32.8 Å². The van der Waals surface area contributed by atoms with E-state index in [0.717, 1.165) is 0 Å². The first-order valence-electron chi connectivity index (χ1n) is 8.77. The lowest BCUT2D eigenvalue weighted by molar-refractivity contribution is 0.0411. The average Bonchev–Trinajstić information content (AvgIpc) is 2.93. The van der Waals surface area contributed by atoms with Gasteiger partial charge in [0, 0.05) is 36.8 Å². The fraction of sp³-hybridized carbons (Fsp3) is 0.250. The lowest BCUT2D eigenvalue weighted by Gasteiger charge is -2.36. The second-order valence-electron chi connectivity index (χ2n) is 6.65. The Balaban J connectivity index is 1.37. The summed E-state index contributed by atoms with van der Waals surface area (Å²) >= 11 is 5.96. The highest BCUT2D eigenvalue weighted by Crippen LogP contribution is 2.23. The minimum Gasteiger partial charge on any atom is -0.336 e. The molecule has 3 amide bonds. The van der Waals surface area contributed by atoms with Crippen LogP contribution in [0.2, 0.25) is 5.02 Å². The van der Waals surface area contributed by atoms with Gasteiger partial charge < -0.3 is 4.90 Å². The van der Waals surface area contributed by atoms with Gasteiger partial charge in [-0.15, -0.1) is 0 Å². The van der Waals surface area contributed by atoms with Crippen LogP contribution in [0.15, 0.2) is 48.5 Å². The van der Waals surface area contributed by atoms with Crippen molar-refractivity contribution in [1.29, 1.82) is 0 Å². The highest BCUT2D eigenvalue weighted by Gasteiger charge is 2.36. The molecule has 27 heavy (non-hydrogen) atoms. The molecule has 4 rings (SSSR count). The molecule has 0 unspecified atom stereocenters. The van der Waals surface area contributed by atoms with E-state index < -0.39 is 0 Å². The number of carbonyl (C=O) groups excluding carboxylic acids is 3. The molecule has 7 heteroatoms. The van der Waals surface area contributed by atoms with Crippen LogP contribution >= 0.6 is 11.6 Å². The molecule has 0 aliphatic carbocycles. The van der Waals surface area contributed by atoms with Crippen molar-refractivity contribution in [3.8, 4) is 0 Å². The van der Waals surface area contributed by atoms with E-state index in [1.54, 1.807) is 53.4 Å². The van der Waals surface area contributed by atoms with Gasteiger partial charge in [0.15, 0.2) is 0 Å². The molecule has 2 heterocycles. The van der Waals surface area contributed by atoms with Crippen LogP contribution in [-0.2, 0) is 0 Å². The van der Waals surface area contributed by atoms with E-state index in [1.165, 1.54) is 4.90 Å². The van der Waals surface area contributed by atoms with E-state index in [-0.39, 0.29) is 24.4 Å². The zero-order valence-electron chi connectivity index (χ0n) is 14.6. The minimum absolute atomic E-state index is 0.0575. The third kappa shape index (κ3) is 3.34. The number of nitrogens with zero attached hydrogens (tertiary/aromatic N) is 3. The van der Waals surface area contributed by atoms with Gasteiger partial charge >= 0.3 is 0 Å². The van der Waals surface area contributed by atoms with Crippen molar-refractivity contribution in [3.05, 3.63) is 70.2 Å².